The van der Waals surface area contributed by atoms with Gasteiger partial charge in [0.05, 0.1) is 28.4 Å². The van der Waals surface area contributed by atoms with Crippen LogP contribution >= 0.6 is 23.2 Å². The predicted molar refractivity (Wildman–Crippen MR) is 102 cm³/mol. The third-order valence-corrected chi connectivity index (χ3v) is 5.77. The van der Waals surface area contributed by atoms with Gasteiger partial charge in [0.2, 0.25) is 10.0 Å². The summed E-state index contributed by atoms with van der Waals surface area (Å²) in [4.78, 5) is 12.2. The van der Waals surface area contributed by atoms with E-state index in [9.17, 15) is 18.3 Å². The van der Waals surface area contributed by atoms with E-state index >= 15 is 0 Å². The normalized spacial score (nSPS) is 13.0. The van der Waals surface area contributed by atoms with Gasteiger partial charge in [0.1, 0.15) is 16.8 Å². The van der Waals surface area contributed by atoms with Crippen LogP contribution in [0, 0.1) is 5.92 Å². The van der Waals surface area contributed by atoms with E-state index in [1.165, 1.54) is 12.3 Å². The van der Waals surface area contributed by atoms with E-state index in [0.29, 0.717) is 5.76 Å². The molecule has 1 unspecified atom stereocenters. The molecule has 3 N–H and O–H groups in total. The van der Waals surface area contributed by atoms with Crippen molar-refractivity contribution >= 4 is 39.1 Å². The smallest absolute Gasteiger partial charge is 0.252 e. The summed E-state index contributed by atoms with van der Waals surface area (Å²) in [5.41, 5.74) is -0.0716. The first-order chi connectivity index (χ1) is 12.6. The summed E-state index contributed by atoms with van der Waals surface area (Å²) in [5.74, 6) is -0.266. The second-order valence-electron chi connectivity index (χ2n) is 6.25. The maximum atomic E-state index is 12.4. The summed E-state index contributed by atoms with van der Waals surface area (Å²) in [6.07, 6.45) is 0.350. The summed E-state index contributed by atoms with van der Waals surface area (Å²) in [6.45, 7) is 3.79. The number of hydrogen-bond acceptors (Lipinski definition) is 5. The highest BCUT2D eigenvalue weighted by Gasteiger charge is 2.23. The molecule has 27 heavy (non-hydrogen) atoms. The Morgan fingerprint density at radius 3 is 2.52 bits per heavy atom. The van der Waals surface area contributed by atoms with Crippen molar-refractivity contribution in [3.05, 3.63) is 51.9 Å². The van der Waals surface area contributed by atoms with Gasteiger partial charge in [-0.1, -0.05) is 37.0 Å². The average Bonchev–Trinajstić information content (AvgIpc) is 3.12. The van der Waals surface area contributed by atoms with Gasteiger partial charge in [-0.3, -0.25) is 4.79 Å². The monoisotopic (exact) mass is 434 g/mol. The van der Waals surface area contributed by atoms with E-state index in [2.05, 4.69) is 10.0 Å². The Labute approximate surface area is 167 Å². The zero-order valence-corrected chi connectivity index (χ0v) is 17.0. The number of amides is 1. The SMILES string of the molecule is CC(C)CNS(=O)(=O)c1cc(C(=O)NCC(O)c2ccco2)c(Cl)cc1Cl. The number of halogens is 2. The topological polar surface area (TPSA) is 109 Å². The van der Waals surface area contributed by atoms with E-state index in [1.54, 1.807) is 12.1 Å². The fraction of sp³-hybridized carbons (Fsp3) is 0.353. The summed E-state index contributed by atoms with van der Waals surface area (Å²) in [5, 5.41) is 12.3. The lowest BCUT2D eigenvalue weighted by Gasteiger charge is -2.14. The first kappa shape index (κ1) is 21.7. The number of aliphatic hydroxyl groups is 1. The molecule has 0 bridgehead atoms. The van der Waals surface area contributed by atoms with Gasteiger partial charge in [-0.15, -0.1) is 0 Å². The van der Waals surface area contributed by atoms with E-state index < -0.39 is 22.0 Å². The van der Waals surface area contributed by atoms with Crippen LogP contribution in [0.5, 0.6) is 0 Å². The maximum absolute atomic E-state index is 12.4. The molecule has 0 saturated heterocycles. The number of hydrogen-bond donors (Lipinski definition) is 3. The van der Waals surface area contributed by atoms with Crippen LogP contribution < -0.4 is 10.0 Å². The Kier molecular flexibility index (Phi) is 7.30. The van der Waals surface area contributed by atoms with Crippen LogP contribution in [-0.2, 0) is 10.0 Å². The molecule has 0 aliphatic carbocycles. The highest BCUT2D eigenvalue weighted by atomic mass is 35.5. The van der Waals surface area contributed by atoms with Crippen molar-refractivity contribution in [1.82, 2.24) is 10.0 Å². The summed E-state index contributed by atoms with van der Waals surface area (Å²) >= 11 is 12.1. The molecule has 0 spiro atoms. The van der Waals surface area contributed by atoms with Crippen molar-refractivity contribution in [2.24, 2.45) is 5.92 Å². The number of rotatable bonds is 8. The molecular weight excluding hydrogens is 415 g/mol. The van der Waals surface area contributed by atoms with Gasteiger partial charge in [0.15, 0.2) is 0 Å². The molecule has 2 rings (SSSR count). The summed E-state index contributed by atoms with van der Waals surface area (Å²) in [7, 11) is -3.91. The molecule has 1 aromatic carbocycles. The molecule has 148 valence electrons. The van der Waals surface area contributed by atoms with Crippen LogP contribution in [0.2, 0.25) is 10.0 Å². The molecule has 2 aromatic rings. The molecule has 0 aliphatic rings. The van der Waals surface area contributed by atoms with Crippen LogP contribution in [0.1, 0.15) is 36.1 Å². The first-order valence-corrected chi connectivity index (χ1v) is 10.3. The number of furan rings is 1. The number of sulfonamides is 1. The van der Waals surface area contributed by atoms with Crippen LogP contribution in [0.25, 0.3) is 0 Å². The van der Waals surface area contributed by atoms with Gasteiger partial charge in [-0.05, 0) is 30.2 Å². The largest absolute Gasteiger partial charge is 0.467 e. The van der Waals surface area contributed by atoms with Crippen LogP contribution in [-0.4, -0.2) is 32.5 Å². The van der Waals surface area contributed by atoms with Gasteiger partial charge in [0, 0.05) is 6.54 Å². The second-order valence-corrected chi connectivity index (χ2v) is 8.80. The number of carbonyl (C=O) groups is 1. The molecule has 7 nitrogen and oxygen atoms in total. The zero-order chi connectivity index (χ0) is 20.2. The highest BCUT2D eigenvalue weighted by molar-refractivity contribution is 7.89. The lowest BCUT2D eigenvalue weighted by Crippen LogP contribution is -2.30. The lowest BCUT2D eigenvalue weighted by molar-refractivity contribution is 0.0901. The average molecular weight is 435 g/mol. The van der Waals surface area contributed by atoms with Crippen LogP contribution in [0.4, 0.5) is 0 Å². The van der Waals surface area contributed by atoms with Crippen molar-refractivity contribution in [2.45, 2.75) is 24.8 Å². The predicted octanol–water partition coefficient (Wildman–Crippen LogP) is 2.98. The fourth-order valence-corrected chi connectivity index (χ4v) is 4.20. The molecule has 1 aromatic heterocycles. The number of aliphatic hydroxyl groups excluding tert-OH is 1. The number of carbonyl (C=O) groups excluding carboxylic acids is 1. The highest BCUT2D eigenvalue weighted by Crippen LogP contribution is 2.29. The molecule has 1 amide bonds. The van der Waals surface area contributed by atoms with E-state index in [4.69, 9.17) is 27.6 Å². The molecule has 10 heteroatoms. The summed E-state index contributed by atoms with van der Waals surface area (Å²) < 4.78 is 32.4. The minimum Gasteiger partial charge on any atom is -0.467 e. The van der Waals surface area contributed by atoms with Crippen molar-refractivity contribution in [3.63, 3.8) is 0 Å². The molecule has 0 aliphatic heterocycles. The zero-order valence-electron chi connectivity index (χ0n) is 14.7. The van der Waals surface area contributed by atoms with E-state index in [1.807, 2.05) is 13.8 Å². The fourth-order valence-electron chi connectivity index (χ4n) is 2.13. The Balaban J connectivity index is 2.20. The second kappa shape index (κ2) is 9.07. The molecule has 0 saturated carbocycles. The Morgan fingerprint density at radius 1 is 1.22 bits per heavy atom. The minimum absolute atomic E-state index is 0.00667. The standard InChI is InChI=1S/C17H20Cl2N2O5S/c1-10(2)8-21-27(24,25)16-6-11(12(18)7-13(16)19)17(23)20-9-14(22)15-4-3-5-26-15/h3-7,10,14,21-22H,8-9H2,1-2H3,(H,20,23). The number of benzene rings is 1. The summed E-state index contributed by atoms with van der Waals surface area (Å²) in [6, 6.07) is 5.49. The van der Waals surface area contributed by atoms with Gasteiger partial charge < -0.3 is 14.8 Å². The first-order valence-electron chi connectivity index (χ1n) is 8.10. The van der Waals surface area contributed by atoms with Crippen molar-refractivity contribution in [2.75, 3.05) is 13.1 Å². The number of nitrogens with one attached hydrogen (secondary N) is 2. The van der Waals surface area contributed by atoms with Crippen molar-refractivity contribution < 1.29 is 22.7 Å². The van der Waals surface area contributed by atoms with E-state index in [-0.39, 0.29) is 39.5 Å². The lowest BCUT2D eigenvalue weighted by atomic mass is 10.2. The Bertz CT molecular complexity index is 898. The third-order valence-electron chi connectivity index (χ3n) is 3.56. The third kappa shape index (κ3) is 5.70. The quantitative estimate of drug-likeness (QED) is 0.591. The van der Waals surface area contributed by atoms with Gasteiger partial charge in [0.25, 0.3) is 5.91 Å². The minimum atomic E-state index is -3.91. The van der Waals surface area contributed by atoms with Crippen molar-refractivity contribution in [3.8, 4) is 0 Å². The molecule has 1 heterocycles. The van der Waals surface area contributed by atoms with Crippen LogP contribution in [0.3, 0.4) is 0 Å². The molecule has 0 radical (unpaired) electrons. The molecule has 1 atom stereocenters. The Morgan fingerprint density at radius 2 is 1.93 bits per heavy atom. The maximum Gasteiger partial charge on any atom is 0.252 e. The Hall–Kier alpha value is -1.58. The van der Waals surface area contributed by atoms with Gasteiger partial charge >= 0.3 is 0 Å². The van der Waals surface area contributed by atoms with Crippen molar-refractivity contribution in [1.29, 1.82) is 0 Å². The molecule has 0 fully saturated rings. The van der Waals surface area contributed by atoms with E-state index in [0.717, 1.165) is 6.07 Å². The van der Waals surface area contributed by atoms with Crippen LogP contribution in [0.15, 0.2) is 39.8 Å². The molecular formula is C17H20Cl2N2O5S. The van der Waals surface area contributed by atoms with Gasteiger partial charge in [-0.2, -0.15) is 0 Å². The van der Waals surface area contributed by atoms with Gasteiger partial charge in [-0.25, -0.2) is 13.1 Å².